The van der Waals surface area contributed by atoms with Gasteiger partial charge in [0.2, 0.25) is 0 Å². The van der Waals surface area contributed by atoms with Crippen molar-refractivity contribution in [2.75, 3.05) is 39.3 Å². The largest absolute Gasteiger partial charge is 0.390 e. The van der Waals surface area contributed by atoms with E-state index in [-0.39, 0.29) is 6.61 Å². The molecule has 0 aliphatic carbocycles. The number of hydrogen-bond donors (Lipinski definition) is 2. The molecule has 1 aromatic heterocycles. The number of piperazine rings is 1. The number of quaternary nitrogens is 1. The van der Waals surface area contributed by atoms with Crippen molar-refractivity contribution in [3.63, 3.8) is 0 Å². The molecule has 1 saturated heterocycles. The van der Waals surface area contributed by atoms with Crippen molar-refractivity contribution in [1.29, 1.82) is 0 Å². The van der Waals surface area contributed by atoms with Crippen LogP contribution >= 0.6 is 11.3 Å². The number of nitrogens with zero attached hydrogens (tertiary/aromatic N) is 1. The fourth-order valence-corrected chi connectivity index (χ4v) is 3.06. The van der Waals surface area contributed by atoms with Crippen LogP contribution < -0.4 is 9.80 Å². The highest BCUT2D eigenvalue weighted by molar-refractivity contribution is 7.13. The second-order valence-electron chi connectivity index (χ2n) is 3.74. The molecule has 1 fully saturated rings. The molecule has 0 spiro atoms. The number of aliphatic hydroxyl groups is 1. The van der Waals surface area contributed by atoms with E-state index in [4.69, 9.17) is 5.11 Å². The molecular weight excluding hydrogens is 196 g/mol. The van der Waals surface area contributed by atoms with E-state index in [1.807, 2.05) is 0 Å². The summed E-state index contributed by atoms with van der Waals surface area (Å²) >= 11 is 1.80. The summed E-state index contributed by atoms with van der Waals surface area (Å²) in [6.45, 7) is 5.43. The maximum Gasteiger partial charge on any atom is 0.188 e. The van der Waals surface area contributed by atoms with Gasteiger partial charge in [0.05, 0.1) is 19.7 Å². The van der Waals surface area contributed by atoms with Crippen molar-refractivity contribution in [1.82, 2.24) is 9.80 Å². The minimum atomic E-state index is 0.276. The summed E-state index contributed by atoms with van der Waals surface area (Å²) in [5.41, 5.74) is 0. The molecule has 1 aliphatic heterocycles. The molecule has 4 heteroatoms. The van der Waals surface area contributed by atoms with E-state index in [1.54, 1.807) is 11.3 Å². The van der Waals surface area contributed by atoms with Crippen LogP contribution in [0, 0.1) is 0 Å². The fraction of sp³-hybridized carbons (Fsp3) is 0.600. The Morgan fingerprint density at radius 1 is 1.43 bits per heavy atom. The molecule has 0 radical (unpaired) electrons. The summed E-state index contributed by atoms with van der Waals surface area (Å²) < 4.78 is 0.959. The lowest BCUT2D eigenvalue weighted by atomic mass is 10.2. The van der Waals surface area contributed by atoms with Crippen molar-refractivity contribution >= 4 is 16.3 Å². The summed E-state index contributed by atoms with van der Waals surface area (Å²) in [6.07, 6.45) is 0. The topological polar surface area (TPSA) is 32.3 Å². The van der Waals surface area contributed by atoms with E-state index in [9.17, 15) is 0 Å². The maximum absolute atomic E-state index is 9.15. The molecule has 0 unspecified atom stereocenters. The van der Waals surface area contributed by atoms with Gasteiger partial charge >= 0.3 is 0 Å². The Balaban J connectivity index is 2.20. The van der Waals surface area contributed by atoms with Gasteiger partial charge in [0.15, 0.2) is 5.00 Å². The zero-order valence-electron chi connectivity index (χ0n) is 8.28. The molecule has 0 aromatic carbocycles. The van der Waals surface area contributed by atoms with Gasteiger partial charge in [-0.25, -0.2) is 0 Å². The van der Waals surface area contributed by atoms with Crippen molar-refractivity contribution in [3.8, 4) is 0 Å². The van der Waals surface area contributed by atoms with E-state index in [1.165, 1.54) is 5.00 Å². The van der Waals surface area contributed by atoms with Crippen molar-refractivity contribution < 1.29 is 5.11 Å². The Kier molecular flexibility index (Phi) is 3.18. The third-order valence-electron chi connectivity index (χ3n) is 2.93. The molecule has 2 heterocycles. The van der Waals surface area contributed by atoms with Gasteiger partial charge in [-0.3, -0.25) is 4.48 Å². The zero-order valence-corrected chi connectivity index (χ0v) is 9.09. The average molecular weight is 213 g/mol. The first kappa shape index (κ1) is 10.1. The van der Waals surface area contributed by atoms with Crippen LogP contribution in [0.5, 0.6) is 0 Å². The Labute approximate surface area is 88.6 Å². The lowest BCUT2D eigenvalue weighted by molar-refractivity contribution is 0.184. The Morgan fingerprint density at radius 3 is 2.79 bits per heavy atom. The van der Waals surface area contributed by atoms with Gasteiger partial charge in [-0.05, 0) is 11.4 Å². The van der Waals surface area contributed by atoms with Crippen LogP contribution in [-0.4, -0.2) is 44.4 Å². The zero-order chi connectivity index (χ0) is 9.86. The molecule has 2 N–H and O–H groups in total. The summed E-state index contributed by atoms with van der Waals surface area (Å²) in [5.74, 6) is 0. The number of aliphatic hydroxyl groups excluding tert-OH is 1. The first-order valence-electron chi connectivity index (χ1n) is 5.09. The van der Waals surface area contributed by atoms with Gasteiger partial charge < -0.3 is 10.4 Å². The number of nitrogens with one attached hydrogen (secondary N) is 1. The molecule has 3 nitrogen and oxygen atoms in total. The first-order valence-corrected chi connectivity index (χ1v) is 5.97. The number of rotatable bonds is 3. The number of thiophene rings is 1. The second kappa shape index (κ2) is 4.40. The molecule has 2 rings (SSSR count). The van der Waals surface area contributed by atoms with Crippen molar-refractivity contribution in [2.45, 2.75) is 0 Å². The van der Waals surface area contributed by atoms with Crippen molar-refractivity contribution in [2.24, 2.45) is 0 Å². The molecule has 0 amide bonds. The summed E-state index contributed by atoms with van der Waals surface area (Å²) in [4.78, 5) is 0. The highest BCUT2D eigenvalue weighted by atomic mass is 32.1. The minimum absolute atomic E-state index is 0.276. The van der Waals surface area contributed by atoms with Gasteiger partial charge in [0, 0.05) is 19.2 Å². The molecule has 1 aromatic rings. The fourth-order valence-electron chi connectivity index (χ4n) is 2.11. The molecule has 0 atom stereocenters. The molecule has 14 heavy (non-hydrogen) atoms. The van der Waals surface area contributed by atoms with Gasteiger partial charge in [-0.2, -0.15) is 0 Å². The standard InChI is InChI=1S/C10H17N2OS/c13-8-7-12(5-3-11-4-6-12)10-2-1-9-14-10/h1-2,9,11,13H,3-8H2/q+1. The normalized spacial score (nSPS) is 20.9. The first-order chi connectivity index (χ1) is 6.87. The van der Waals surface area contributed by atoms with Crippen LogP contribution in [0.2, 0.25) is 0 Å². The van der Waals surface area contributed by atoms with E-state index in [0.29, 0.717) is 0 Å². The lowest BCUT2D eigenvalue weighted by Gasteiger charge is -2.39. The van der Waals surface area contributed by atoms with Gasteiger partial charge in [-0.15, -0.1) is 0 Å². The van der Waals surface area contributed by atoms with Crippen LogP contribution in [0.4, 0.5) is 5.00 Å². The van der Waals surface area contributed by atoms with E-state index in [2.05, 4.69) is 22.8 Å². The van der Waals surface area contributed by atoms with Gasteiger partial charge in [-0.1, -0.05) is 11.3 Å². The Hall–Kier alpha value is -0.420. The third-order valence-corrected chi connectivity index (χ3v) is 3.99. The predicted octanol–water partition coefficient (Wildman–Crippen LogP) is 0.651. The van der Waals surface area contributed by atoms with E-state index in [0.717, 1.165) is 37.2 Å². The smallest absolute Gasteiger partial charge is 0.188 e. The van der Waals surface area contributed by atoms with Gasteiger partial charge in [0.1, 0.15) is 6.54 Å². The number of hydrogen-bond acceptors (Lipinski definition) is 3. The predicted molar refractivity (Wildman–Crippen MR) is 60.7 cm³/mol. The molecular formula is C10H17N2OS+. The van der Waals surface area contributed by atoms with Crippen LogP contribution in [0.15, 0.2) is 17.5 Å². The highest BCUT2D eigenvalue weighted by Crippen LogP contribution is 2.28. The minimum Gasteiger partial charge on any atom is -0.390 e. The van der Waals surface area contributed by atoms with Crippen LogP contribution in [0.25, 0.3) is 0 Å². The van der Waals surface area contributed by atoms with Crippen molar-refractivity contribution in [3.05, 3.63) is 17.5 Å². The van der Waals surface area contributed by atoms with Crippen LogP contribution in [-0.2, 0) is 0 Å². The lowest BCUT2D eigenvalue weighted by Crippen LogP contribution is -2.60. The maximum atomic E-state index is 9.15. The molecule has 0 saturated carbocycles. The molecule has 78 valence electrons. The molecule has 1 aliphatic rings. The molecule has 0 bridgehead atoms. The average Bonchev–Trinajstić information content (AvgIpc) is 2.73. The Morgan fingerprint density at radius 2 is 2.21 bits per heavy atom. The SMILES string of the molecule is OCC[N+]1(c2cccs2)CCNCC1. The summed E-state index contributed by atoms with van der Waals surface area (Å²) in [5, 5.41) is 16.0. The summed E-state index contributed by atoms with van der Waals surface area (Å²) in [7, 11) is 0. The van der Waals surface area contributed by atoms with E-state index >= 15 is 0 Å². The third kappa shape index (κ3) is 1.83. The van der Waals surface area contributed by atoms with Crippen LogP contribution in [0.1, 0.15) is 0 Å². The Bertz CT molecular complexity index is 262. The van der Waals surface area contributed by atoms with Gasteiger partial charge in [0.25, 0.3) is 0 Å². The second-order valence-corrected chi connectivity index (χ2v) is 4.67. The van der Waals surface area contributed by atoms with Crippen LogP contribution in [0.3, 0.4) is 0 Å². The highest BCUT2D eigenvalue weighted by Gasteiger charge is 2.32. The quantitative estimate of drug-likeness (QED) is 0.723. The van der Waals surface area contributed by atoms with E-state index < -0.39 is 0 Å². The summed E-state index contributed by atoms with van der Waals surface area (Å²) in [6, 6.07) is 4.28. The monoisotopic (exact) mass is 213 g/mol.